The van der Waals surface area contributed by atoms with E-state index in [0.717, 1.165) is 6.04 Å². The van der Waals surface area contributed by atoms with Crippen LogP contribution in [0.25, 0.3) is 0 Å². The third-order valence-electron chi connectivity index (χ3n) is 4.84. The quantitative estimate of drug-likeness (QED) is 0.693. The molecular formula is C15H19N. The van der Waals surface area contributed by atoms with Gasteiger partial charge in [0.05, 0.1) is 0 Å². The van der Waals surface area contributed by atoms with E-state index < -0.39 is 0 Å². The zero-order valence-electron chi connectivity index (χ0n) is 9.78. The Morgan fingerprint density at radius 1 is 1.12 bits per heavy atom. The Labute approximate surface area is 97.5 Å². The summed E-state index contributed by atoms with van der Waals surface area (Å²) in [6.45, 7) is 2.55. The molecule has 2 fully saturated rings. The molecule has 1 aromatic carbocycles. The van der Waals surface area contributed by atoms with Gasteiger partial charge in [0.2, 0.25) is 0 Å². The Morgan fingerprint density at radius 3 is 2.62 bits per heavy atom. The second-order valence-corrected chi connectivity index (χ2v) is 5.93. The standard InChI is InChI=1S/C15H19N/c1-2-5-14-12(4-1)10-16(13-6-7-13)11-15(14)8-3-9-15/h1-2,4-5,13H,3,6-11H2. The summed E-state index contributed by atoms with van der Waals surface area (Å²) in [6.07, 6.45) is 7.17. The molecule has 0 atom stereocenters. The smallest absolute Gasteiger partial charge is 0.0239 e. The largest absolute Gasteiger partial charge is 0.295 e. The van der Waals surface area contributed by atoms with E-state index >= 15 is 0 Å². The van der Waals surface area contributed by atoms with Gasteiger partial charge >= 0.3 is 0 Å². The summed E-state index contributed by atoms with van der Waals surface area (Å²) in [5.74, 6) is 0. The normalized spacial score (nSPS) is 27.5. The molecule has 1 heteroatoms. The molecule has 84 valence electrons. The van der Waals surface area contributed by atoms with Crippen molar-refractivity contribution >= 4 is 0 Å². The van der Waals surface area contributed by atoms with Crippen LogP contribution in [0.4, 0.5) is 0 Å². The SMILES string of the molecule is c1ccc2c(c1)CN(C1CC1)CC21CCC1. The molecule has 0 saturated heterocycles. The third kappa shape index (κ3) is 1.21. The predicted octanol–water partition coefficient (Wildman–Crippen LogP) is 3.09. The Hall–Kier alpha value is -0.820. The first-order valence-electron chi connectivity index (χ1n) is 6.70. The molecule has 0 unspecified atom stereocenters. The highest BCUT2D eigenvalue weighted by molar-refractivity contribution is 5.39. The summed E-state index contributed by atoms with van der Waals surface area (Å²) >= 11 is 0. The van der Waals surface area contributed by atoms with E-state index in [1.165, 1.54) is 45.2 Å². The van der Waals surface area contributed by atoms with Crippen LogP contribution in [-0.4, -0.2) is 17.5 Å². The van der Waals surface area contributed by atoms with Gasteiger partial charge < -0.3 is 0 Å². The van der Waals surface area contributed by atoms with Crippen molar-refractivity contribution in [2.75, 3.05) is 6.54 Å². The zero-order chi connectivity index (χ0) is 10.6. The van der Waals surface area contributed by atoms with Gasteiger partial charge in [-0.15, -0.1) is 0 Å². The number of benzene rings is 1. The van der Waals surface area contributed by atoms with Crippen LogP contribution in [0.15, 0.2) is 24.3 Å². The molecule has 4 rings (SSSR count). The van der Waals surface area contributed by atoms with E-state index in [-0.39, 0.29) is 0 Å². The Kier molecular flexibility index (Phi) is 1.79. The lowest BCUT2D eigenvalue weighted by Crippen LogP contribution is -2.50. The molecule has 1 heterocycles. The molecule has 3 aliphatic rings. The average molecular weight is 213 g/mol. The van der Waals surface area contributed by atoms with Gasteiger partial charge in [0, 0.05) is 24.5 Å². The molecule has 1 spiro atoms. The minimum Gasteiger partial charge on any atom is -0.295 e. The van der Waals surface area contributed by atoms with Crippen molar-refractivity contribution in [3.8, 4) is 0 Å². The number of hydrogen-bond acceptors (Lipinski definition) is 1. The minimum absolute atomic E-state index is 0.553. The average Bonchev–Trinajstić information content (AvgIpc) is 3.09. The summed E-state index contributed by atoms with van der Waals surface area (Å²) in [6, 6.07) is 10.1. The number of rotatable bonds is 1. The molecule has 1 aromatic rings. The molecule has 0 radical (unpaired) electrons. The van der Waals surface area contributed by atoms with E-state index in [4.69, 9.17) is 0 Å². The fourth-order valence-corrected chi connectivity index (χ4v) is 3.65. The topological polar surface area (TPSA) is 3.24 Å². The van der Waals surface area contributed by atoms with Gasteiger partial charge in [0.1, 0.15) is 0 Å². The number of nitrogens with zero attached hydrogens (tertiary/aromatic N) is 1. The van der Waals surface area contributed by atoms with Crippen LogP contribution in [0.3, 0.4) is 0 Å². The van der Waals surface area contributed by atoms with Crippen LogP contribution in [0.2, 0.25) is 0 Å². The van der Waals surface area contributed by atoms with Gasteiger partial charge in [-0.2, -0.15) is 0 Å². The molecule has 16 heavy (non-hydrogen) atoms. The maximum absolute atomic E-state index is 2.75. The lowest BCUT2D eigenvalue weighted by Gasteiger charge is -2.50. The molecule has 2 aliphatic carbocycles. The van der Waals surface area contributed by atoms with Crippen molar-refractivity contribution in [2.24, 2.45) is 0 Å². The minimum atomic E-state index is 0.553. The van der Waals surface area contributed by atoms with E-state index in [1.54, 1.807) is 11.1 Å². The summed E-state index contributed by atoms with van der Waals surface area (Å²) < 4.78 is 0. The Morgan fingerprint density at radius 2 is 1.94 bits per heavy atom. The summed E-state index contributed by atoms with van der Waals surface area (Å²) in [5.41, 5.74) is 3.84. The molecule has 0 aromatic heterocycles. The van der Waals surface area contributed by atoms with Crippen molar-refractivity contribution in [1.29, 1.82) is 0 Å². The van der Waals surface area contributed by atoms with Gasteiger partial charge in [-0.3, -0.25) is 4.90 Å². The lowest BCUT2D eigenvalue weighted by molar-refractivity contribution is 0.108. The van der Waals surface area contributed by atoms with Gasteiger partial charge in [-0.05, 0) is 36.8 Å². The molecule has 1 nitrogen and oxygen atoms in total. The first kappa shape index (κ1) is 9.23. The van der Waals surface area contributed by atoms with Crippen molar-refractivity contribution in [3.05, 3.63) is 35.4 Å². The lowest BCUT2D eigenvalue weighted by atomic mass is 9.61. The van der Waals surface area contributed by atoms with Gasteiger partial charge in [0.15, 0.2) is 0 Å². The van der Waals surface area contributed by atoms with Crippen LogP contribution in [0.5, 0.6) is 0 Å². The van der Waals surface area contributed by atoms with Crippen molar-refractivity contribution in [2.45, 2.75) is 50.1 Å². The molecule has 0 bridgehead atoms. The van der Waals surface area contributed by atoms with Crippen LogP contribution in [0.1, 0.15) is 43.2 Å². The Bertz CT molecular complexity index is 415. The van der Waals surface area contributed by atoms with Crippen LogP contribution < -0.4 is 0 Å². The summed E-state index contributed by atoms with van der Waals surface area (Å²) in [4.78, 5) is 2.75. The first-order chi connectivity index (χ1) is 7.87. The molecule has 1 aliphatic heterocycles. The second-order valence-electron chi connectivity index (χ2n) is 5.93. The maximum atomic E-state index is 2.75. The molecule has 0 amide bonds. The highest BCUT2D eigenvalue weighted by atomic mass is 15.2. The monoisotopic (exact) mass is 213 g/mol. The van der Waals surface area contributed by atoms with Gasteiger partial charge in [0.25, 0.3) is 0 Å². The van der Waals surface area contributed by atoms with E-state index in [9.17, 15) is 0 Å². The van der Waals surface area contributed by atoms with E-state index in [2.05, 4.69) is 29.2 Å². The van der Waals surface area contributed by atoms with E-state index in [1.807, 2.05) is 0 Å². The highest BCUT2D eigenvalue weighted by Crippen LogP contribution is 2.49. The summed E-state index contributed by atoms with van der Waals surface area (Å²) in [5, 5.41) is 0. The van der Waals surface area contributed by atoms with Crippen molar-refractivity contribution < 1.29 is 0 Å². The first-order valence-corrected chi connectivity index (χ1v) is 6.70. The fraction of sp³-hybridized carbons (Fsp3) is 0.600. The van der Waals surface area contributed by atoms with Crippen LogP contribution in [0, 0.1) is 0 Å². The Balaban J connectivity index is 1.76. The summed E-state index contributed by atoms with van der Waals surface area (Å²) in [7, 11) is 0. The molecule has 2 saturated carbocycles. The second kappa shape index (κ2) is 3.10. The van der Waals surface area contributed by atoms with E-state index in [0.29, 0.717) is 5.41 Å². The number of fused-ring (bicyclic) bond motifs is 2. The zero-order valence-corrected chi connectivity index (χ0v) is 9.78. The molecular weight excluding hydrogens is 194 g/mol. The van der Waals surface area contributed by atoms with Crippen LogP contribution in [-0.2, 0) is 12.0 Å². The predicted molar refractivity (Wildman–Crippen MR) is 65.4 cm³/mol. The van der Waals surface area contributed by atoms with Gasteiger partial charge in [-0.1, -0.05) is 30.7 Å². The van der Waals surface area contributed by atoms with Crippen LogP contribution >= 0.6 is 0 Å². The molecule has 0 N–H and O–H groups in total. The highest BCUT2D eigenvalue weighted by Gasteiger charge is 2.46. The third-order valence-corrected chi connectivity index (χ3v) is 4.84. The van der Waals surface area contributed by atoms with Crippen molar-refractivity contribution in [1.82, 2.24) is 4.90 Å². The fourth-order valence-electron chi connectivity index (χ4n) is 3.65. The van der Waals surface area contributed by atoms with Crippen molar-refractivity contribution in [3.63, 3.8) is 0 Å². The maximum Gasteiger partial charge on any atom is 0.0239 e. The number of hydrogen-bond donors (Lipinski definition) is 0. The van der Waals surface area contributed by atoms with Gasteiger partial charge in [-0.25, -0.2) is 0 Å².